The fraction of sp³-hybridized carbons (Fsp3) is 0.500. The Balaban J connectivity index is 1.36. The molecular weight excluding hydrogens is 306 g/mol. The lowest BCUT2D eigenvalue weighted by atomic mass is 10.1. The van der Waals surface area contributed by atoms with Crippen molar-refractivity contribution < 1.29 is 14.1 Å². The first-order valence-corrected chi connectivity index (χ1v) is 8.57. The molecule has 0 spiro atoms. The number of benzene rings is 1. The van der Waals surface area contributed by atoms with Gasteiger partial charge in [0, 0.05) is 25.1 Å². The van der Waals surface area contributed by atoms with Crippen molar-refractivity contribution in [2.75, 3.05) is 13.2 Å². The van der Waals surface area contributed by atoms with Gasteiger partial charge in [-0.1, -0.05) is 35.5 Å². The molecule has 1 aromatic carbocycles. The highest BCUT2D eigenvalue weighted by atomic mass is 16.5. The number of rotatable bonds is 7. The van der Waals surface area contributed by atoms with Gasteiger partial charge in [0.05, 0.1) is 12.5 Å². The van der Waals surface area contributed by atoms with Crippen LogP contribution in [0.3, 0.4) is 0 Å². The largest absolute Gasteiger partial charge is 0.378 e. The summed E-state index contributed by atoms with van der Waals surface area (Å²) in [7, 11) is 0. The minimum Gasteiger partial charge on any atom is -0.378 e. The molecule has 1 saturated heterocycles. The average molecular weight is 329 g/mol. The van der Waals surface area contributed by atoms with Crippen LogP contribution in [0.4, 0.5) is 0 Å². The summed E-state index contributed by atoms with van der Waals surface area (Å²) < 4.78 is 10.8. The van der Waals surface area contributed by atoms with E-state index in [9.17, 15) is 4.79 Å². The monoisotopic (exact) mass is 329 g/mol. The third-order valence-electron chi connectivity index (χ3n) is 4.08. The van der Waals surface area contributed by atoms with Gasteiger partial charge in [-0.25, -0.2) is 0 Å². The van der Waals surface area contributed by atoms with Gasteiger partial charge in [-0.2, -0.15) is 4.98 Å². The molecule has 6 nitrogen and oxygen atoms in total. The normalized spacial score (nSPS) is 17.6. The van der Waals surface area contributed by atoms with Crippen molar-refractivity contribution in [2.45, 2.75) is 44.6 Å². The number of hydrogen-bond donors (Lipinski definition) is 1. The summed E-state index contributed by atoms with van der Waals surface area (Å²) >= 11 is 0. The van der Waals surface area contributed by atoms with Crippen molar-refractivity contribution in [3.05, 3.63) is 36.2 Å². The lowest BCUT2D eigenvalue weighted by molar-refractivity contribution is -0.124. The molecule has 3 rings (SSSR count). The van der Waals surface area contributed by atoms with Gasteiger partial charge in [-0.3, -0.25) is 4.79 Å². The number of aryl methyl sites for hydroxylation is 1. The van der Waals surface area contributed by atoms with Crippen molar-refractivity contribution in [3.63, 3.8) is 0 Å². The van der Waals surface area contributed by atoms with E-state index in [0.29, 0.717) is 31.1 Å². The van der Waals surface area contributed by atoms with Gasteiger partial charge in [-0.15, -0.1) is 0 Å². The first-order valence-electron chi connectivity index (χ1n) is 8.57. The Kier molecular flexibility index (Phi) is 5.96. The summed E-state index contributed by atoms with van der Waals surface area (Å²) in [5.41, 5.74) is 0.938. The molecule has 1 aliphatic heterocycles. The molecule has 6 heteroatoms. The first kappa shape index (κ1) is 16.6. The second-order valence-corrected chi connectivity index (χ2v) is 6.02. The summed E-state index contributed by atoms with van der Waals surface area (Å²) in [6.45, 7) is 1.38. The van der Waals surface area contributed by atoms with E-state index in [2.05, 4.69) is 15.5 Å². The quantitative estimate of drug-likeness (QED) is 0.790. The molecule has 1 aliphatic rings. The maximum absolute atomic E-state index is 11.9. The van der Waals surface area contributed by atoms with E-state index in [1.54, 1.807) is 0 Å². The number of aromatic nitrogens is 2. The smallest absolute Gasteiger partial charge is 0.227 e. The standard InChI is InChI=1S/C18H23N3O3/c22-16(13-15-9-4-5-12-23-15)19-11-6-10-17-20-18(21-24-17)14-7-2-1-3-8-14/h1-3,7-8,15H,4-6,9-13H2,(H,19,22). The van der Waals surface area contributed by atoms with Gasteiger partial charge >= 0.3 is 0 Å². The molecular formula is C18H23N3O3. The zero-order valence-corrected chi connectivity index (χ0v) is 13.7. The minimum atomic E-state index is 0.0532. The van der Waals surface area contributed by atoms with E-state index in [1.807, 2.05) is 30.3 Å². The summed E-state index contributed by atoms with van der Waals surface area (Å²) in [6, 6.07) is 9.73. The highest BCUT2D eigenvalue weighted by Gasteiger charge is 2.17. The summed E-state index contributed by atoms with van der Waals surface area (Å²) in [6.07, 6.45) is 5.21. The number of ether oxygens (including phenoxy) is 1. The van der Waals surface area contributed by atoms with E-state index in [0.717, 1.165) is 37.9 Å². The molecule has 2 heterocycles. The summed E-state index contributed by atoms with van der Waals surface area (Å²) in [5.74, 6) is 1.25. The molecule has 2 aromatic rings. The topological polar surface area (TPSA) is 77.2 Å². The molecule has 1 aromatic heterocycles. The SMILES string of the molecule is O=C(CC1CCCCO1)NCCCc1nc(-c2ccccc2)no1. The molecule has 0 bridgehead atoms. The Morgan fingerprint density at radius 2 is 2.12 bits per heavy atom. The van der Waals surface area contributed by atoms with Crippen LogP contribution in [0.1, 0.15) is 38.0 Å². The van der Waals surface area contributed by atoms with Gasteiger partial charge in [-0.05, 0) is 25.7 Å². The Morgan fingerprint density at radius 1 is 1.25 bits per heavy atom. The molecule has 24 heavy (non-hydrogen) atoms. The van der Waals surface area contributed by atoms with Crippen LogP contribution in [0.5, 0.6) is 0 Å². The maximum atomic E-state index is 11.9. The number of nitrogens with one attached hydrogen (secondary N) is 1. The number of nitrogens with zero attached hydrogens (tertiary/aromatic N) is 2. The van der Waals surface area contributed by atoms with Crippen LogP contribution in [0.25, 0.3) is 11.4 Å². The molecule has 1 N–H and O–H groups in total. The van der Waals surface area contributed by atoms with Crippen molar-refractivity contribution in [2.24, 2.45) is 0 Å². The van der Waals surface area contributed by atoms with E-state index in [1.165, 1.54) is 0 Å². The van der Waals surface area contributed by atoms with Crippen molar-refractivity contribution >= 4 is 5.91 Å². The van der Waals surface area contributed by atoms with Crippen LogP contribution in [0.15, 0.2) is 34.9 Å². The highest BCUT2D eigenvalue weighted by Crippen LogP contribution is 2.16. The van der Waals surface area contributed by atoms with Crippen LogP contribution in [-0.2, 0) is 16.0 Å². The van der Waals surface area contributed by atoms with E-state index in [-0.39, 0.29) is 12.0 Å². The Labute approximate surface area is 141 Å². The van der Waals surface area contributed by atoms with Crippen molar-refractivity contribution in [1.82, 2.24) is 15.5 Å². The second kappa shape index (κ2) is 8.59. The van der Waals surface area contributed by atoms with Crippen LogP contribution < -0.4 is 5.32 Å². The highest BCUT2D eigenvalue weighted by molar-refractivity contribution is 5.76. The molecule has 0 aliphatic carbocycles. The summed E-state index contributed by atoms with van der Waals surface area (Å²) in [5, 5.41) is 6.92. The van der Waals surface area contributed by atoms with Gasteiger partial charge < -0.3 is 14.6 Å². The van der Waals surface area contributed by atoms with Crippen molar-refractivity contribution in [1.29, 1.82) is 0 Å². The molecule has 128 valence electrons. The predicted molar refractivity (Wildman–Crippen MR) is 89.3 cm³/mol. The fourth-order valence-corrected chi connectivity index (χ4v) is 2.78. The zero-order valence-electron chi connectivity index (χ0n) is 13.7. The predicted octanol–water partition coefficient (Wildman–Crippen LogP) is 2.74. The molecule has 1 amide bonds. The maximum Gasteiger partial charge on any atom is 0.227 e. The average Bonchev–Trinajstić information content (AvgIpc) is 3.09. The van der Waals surface area contributed by atoms with Gasteiger partial charge in [0.1, 0.15) is 0 Å². The Hall–Kier alpha value is -2.21. The van der Waals surface area contributed by atoms with E-state index in [4.69, 9.17) is 9.26 Å². The van der Waals surface area contributed by atoms with Crippen LogP contribution in [-0.4, -0.2) is 35.3 Å². The lowest BCUT2D eigenvalue weighted by Gasteiger charge is -2.21. The Bertz CT molecular complexity index is 636. The molecule has 1 atom stereocenters. The van der Waals surface area contributed by atoms with Gasteiger partial charge in [0.2, 0.25) is 17.6 Å². The molecule has 0 radical (unpaired) electrons. The minimum absolute atomic E-state index is 0.0532. The van der Waals surface area contributed by atoms with Crippen LogP contribution in [0.2, 0.25) is 0 Å². The summed E-state index contributed by atoms with van der Waals surface area (Å²) in [4.78, 5) is 16.2. The third-order valence-corrected chi connectivity index (χ3v) is 4.08. The van der Waals surface area contributed by atoms with Gasteiger partial charge in [0.15, 0.2) is 0 Å². The van der Waals surface area contributed by atoms with E-state index >= 15 is 0 Å². The first-order chi connectivity index (χ1) is 11.8. The number of hydrogen-bond acceptors (Lipinski definition) is 5. The zero-order chi connectivity index (χ0) is 16.6. The number of carbonyl (C=O) groups excluding carboxylic acids is 1. The Morgan fingerprint density at radius 3 is 2.92 bits per heavy atom. The molecule has 0 saturated carbocycles. The number of amides is 1. The second-order valence-electron chi connectivity index (χ2n) is 6.02. The lowest BCUT2D eigenvalue weighted by Crippen LogP contribution is -2.31. The van der Waals surface area contributed by atoms with Crippen LogP contribution >= 0.6 is 0 Å². The van der Waals surface area contributed by atoms with Gasteiger partial charge in [0.25, 0.3) is 0 Å². The van der Waals surface area contributed by atoms with E-state index < -0.39 is 0 Å². The van der Waals surface area contributed by atoms with Crippen LogP contribution in [0, 0.1) is 0 Å². The third kappa shape index (κ3) is 4.89. The van der Waals surface area contributed by atoms with Crippen molar-refractivity contribution in [3.8, 4) is 11.4 Å². The molecule has 1 fully saturated rings. The molecule has 1 unspecified atom stereocenters. The fourth-order valence-electron chi connectivity index (χ4n) is 2.78. The number of carbonyl (C=O) groups is 1.